The summed E-state index contributed by atoms with van der Waals surface area (Å²) < 4.78 is 54.2. The molecule has 0 N–H and O–H groups in total. The maximum absolute atomic E-state index is 16.8. The number of Topliss-reactive ketones (excluding diaryl/α,β-unsaturated/α-hetero) is 2. The summed E-state index contributed by atoms with van der Waals surface area (Å²) in [6, 6.07) is 7.99. The molecule has 15 heteroatoms. The second-order valence-corrected chi connectivity index (χ2v) is 15.0. The van der Waals surface area contributed by atoms with E-state index in [0.717, 1.165) is 11.5 Å². The van der Waals surface area contributed by atoms with Gasteiger partial charge in [-0.3, -0.25) is 9.59 Å². The lowest BCUT2D eigenvalue weighted by molar-refractivity contribution is -0.294. The van der Waals surface area contributed by atoms with E-state index in [1.165, 1.54) is 45.8 Å². The predicted molar refractivity (Wildman–Crippen MR) is 197 cm³/mol. The summed E-state index contributed by atoms with van der Waals surface area (Å²) in [4.78, 5) is 74.1. The van der Waals surface area contributed by atoms with E-state index in [2.05, 4.69) is 4.98 Å². The van der Waals surface area contributed by atoms with Crippen LogP contribution in [-0.2, 0) is 42.8 Å². The van der Waals surface area contributed by atoms with Gasteiger partial charge in [0, 0.05) is 31.3 Å². The van der Waals surface area contributed by atoms with Crippen molar-refractivity contribution in [1.82, 2.24) is 14.5 Å². The van der Waals surface area contributed by atoms with Crippen LogP contribution in [0.2, 0.25) is 0 Å². The second kappa shape index (κ2) is 18.1. The molecule has 302 valence electrons. The third kappa shape index (κ3) is 9.93. The van der Waals surface area contributed by atoms with E-state index in [1.54, 1.807) is 51.1 Å². The molecular weight excluding hydrogens is 717 g/mol. The van der Waals surface area contributed by atoms with Gasteiger partial charge in [0.25, 0.3) is 5.67 Å². The minimum absolute atomic E-state index is 0.0295. The summed E-state index contributed by atoms with van der Waals surface area (Å²) in [7, 11) is 5.02. The molecular formula is C40H54FN3O11. The number of nitrogens with zero attached hydrogens (tertiary/aromatic N) is 3. The maximum Gasteiger partial charge on any atom is 0.419 e. The number of rotatable bonds is 8. The Bertz CT molecular complexity index is 1700. The first-order chi connectivity index (χ1) is 25.8. The minimum Gasteiger partial charge on any atom is -0.455 e. The number of imidazole rings is 1. The molecule has 0 amide bonds. The highest BCUT2D eigenvalue weighted by Gasteiger charge is 2.54. The largest absolute Gasteiger partial charge is 0.455 e. The van der Waals surface area contributed by atoms with Crippen molar-refractivity contribution in [2.24, 2.45) is 11.8 Å². The molecule has 11 atom stereocenters. The average Bonchev–Trinajstić information content (AvgIpc) is 3.70. The predicted octanol–water partition coefficient (Wildman–Crippen LogP) is 5.13. The number of ketones is 2. The first kappa shape index (κ1) is 43.4. The molecule has 4 rings (SSSR count). The standard InChI is InChI=1S/C40H54FN3O11/c1-11-29-30(53-38(49)44-18-17-42-22-44)19-23(2)31(45)24(3)21-39(6,50-10)34(26(5)33(46)40(7,41)37(48)52-29)55-36-32(28(43(8)9)20-25(4)51-36)54-35(47)27-15-13-12-14-16-27/h12-19,22,24-26,28-30,32,34,36H,11,20-21H2,1-10H3/t24-,25-,26+,28+,29-,30+,32-,34-,36?,39+,40+/m1/s1. The van der Waals surface area contributed by atoms with Gasteiger partial charge in [0.15, 0.2) is 30.1 Å². The average molecular weight is 772 g/mol. The van der Waals surface area contributed by atoms with E-state index in [4.69, 9.17) is 28.4 Å². The highest BCUT2D eigenvalue weighted by molar-refractivity contribution is 6.08. The molecule has 1 aromatic heterocycles. The summed E-state index contributed by atoms with van der Waals surface area (Å²) in [5, 5.41) is 0. The smallest absolute Gasteiger partial charge is 0.419 e. The molecule has 55 heavy (non-hydrogen) atoms. The van der Waals surface area contributed by atoms with Crippen molar-refractivity contribution in [2.45, 2.75) is 122 Å². The first-order valence-corrected chi connectivity index (χ1v) is 18.5. The van der Waals surface area contributed by atoms with Crippen molar-refractivity contribution in [2.75, 3.05) is 21.2 Å². The lowest BCUT2D eigenvalue weighted by Crippen LogP contribution is -2.61. The number of benzene rings is 1. The van der Waals surface area contributed by atoms with Gasteiger partial charge in [-0.2, -0.15) is 0 Å². The zero-order valence-electron chi connectivity index (χ0n) is 33.2. The van der Waals surface area contributed by atoms with Gasteiger partial charge in [-0.25, -0.2) is 28.3 Å². The Hall–Kier alpha value is -4.31. The summed E-state index contributed by atoms with van der Waals surface area (Å²) in [6.45, 7) is 10.5. The maximum atomic E-state index is 16.8. The summed E-state index contributed by atoms with van der Waals surface area (Å²) in [6.07, 6.45) is -1.88. The Morgan fingerprint density at radius 3 is 2.33 bits per heavy atom. The molecule has 0 aliphatic carbocycles. The first-order valence-electron chi connectivity index (χ1n) is 18.5. The fourth-order valence-corrected chi connectivity index (χ4v) is 7.26. The number of halogens is 1. The van der Waals surface area contributed by atoms with Crippen LogP contribution >= 0.6 is 0 Å². The molecule has 1 unspecified atom stereocenters. The molecule has 0 saturated carbocycles. The molecule has 0 spiro atoms. The van der Waals surface area contributed by atoms with Gasteiger partial charge in [0.2, 0.25) is 0 Å². The van der Waals surface area contributed by atoms with Crippen LogP contribution in [0.5, 0.6) is 0 Å². The van der Waals surface area contributed by atoms with Crippen LogP contribution in [0, 0.1) is 11.8 Å². The van der Waals surface area contributed by atoms with E-state index in [1.807, 2.05) is 25.9 Å². The van der Waals surface area contributed by atoms with Gasteiger partial charge in [0.1, 0.15) is 12.4 Å². The monoisotopic (exact) mass is 771 g/mol. The number of methoxy groups -OCH3 is 1. The summed E-state index contributed by atoms with van der Waals surface area (Å²) in [5.41, 5.74) is -4.25. The van der Waals surface area contributed by atoms with Gasteiger partial charge >= 0.3 is 18.0 Å². The normalized spacial score (nSPS) is 34.0. The number of ether oxygens (including phenoxy) is 6. The third-order valence-electron chi connectivity index (χ3n) is 10.5. The third-order valence-corrected chi connectivity index (χ3v) is 10.5. The van der Waals surface area contributed by atoms with E-state index in [-0.39, 0.29) is 24.2 Å². The molecule has 2 aliphatic rings. The van der Waals surface area contributed by atoms with E-state index in [9.17, 15) is 24.0 Å². The van der Waals surface area contributed by atoms with Crippen molar-refractivity contribution >= 4 is 29.6 Å². The zero-order chi connectivity index (χ0) is 40.8. The van der Waals surface area contributed by atoms with Crippen LogP contribution in [-0.4, -0.2) is 119 Å². The van der Waals surface area contributed by atoms with Gasteiger partial charge < -0.3 is 33.3 Å². The van der Waals surface area contributed by atoms with Crippen molar-refractivity contribution in [3.63, 3.8) is 0 Å². The fourth-order valence-electron chi connectivity index (χ4n) is 7.26. The van der Waals surface area contributed by atoms with Gasteiger partial charge in [-0.15, -0.1) is 0 Å². The highest BCUT2D eigenvalue weighted by Crippen LogP contribution is 2.38. The molecule has 1 fully saturated rings. The molecule has 2 aromatic rings. The molecule has 14 nitrogen and oxygen atoms in total. The highest BCUT2D eigenvalue weighted by atomic mass is 19.1. The van der Waals surface area contributed by atoms with Crippen LogP contribution in [0.25, 0.3) is 0 Å². The molecule has 3 heterocycles. The number of aromatic nitrogens is 2. The Balaban J connectivity index is 1.79. The summed E-state index contributed by atoms with van der Waals surface area (Å²) in [5.74, 6) is -5.91. The van der Waals surface area contributed by atoms with Crippen LogP contribution < -0.4 is 0 Å². The van der Waals surface area contributed by atoms with Gasteiger partial charge in [-0.1, -0.05) is 39.0 Å². The minimum atomic E-state index is -3.22. The van der Waals surface area contributed by atoms with Crippen molar-refractivity contribution < 1.29 is 56.8 Å². The zero-order valence-corrected chi connectivity index (χ0v) is 33.2. The number of cyclic esters (lactones) is 1. The molecule has 1 aromatic carbocycles. The van der Waals surface area contributed by atoms with Crippen LogP contribution in [0.15, 0.2) is 60.7 Å². The van der Waals surface area contributed by atoms with Crippen molar-refractivity contribution in [1.29, 1.82) is 0 Å². The van der Waals surface area contributed by atoms with E-state index >= 15 is 4.39 Å². The molecule has 1 saturated heterocycles. The topological polar surface area (TPSA) is 162 Å². The Morgan fingerprint density at radius 1 is 1.07 bits per heavy atom. The lowest BCUT2D eigenvalue weighted by Gasteiger charge is -2.47. The number of likely N-dealkylation sites (N-methyl/N-ethyl adjacent to an activating group) is 1. The van der Waals surface area contributed by atoms with Crippen LogP contribution in [0.4, 0.5) is 9.18 Å². The van der Waals surface area contributed by atoms with E-state index < -0.39 is 89.8 Å². The van der Waals surface area contributed by atoms with Gasteiger partial charge in [-0.05, 0) is 84.8 Å². The summed E-state index contributed by atoms with van der Waals surface area (Å²) >= 11 is 0. The second-order valence-electron chi connectivity index (χ2n) is 15.0. The lowest BCUT2D eigenvalue weighted by atomic mass is 9.76. The number of hydrogen-bond acceptors (Lipinski definition) is 13. The Morgan fingerprint density at radius 2 is 1.75 bits per heavy atom. The van der Waals surface area contributed by atoms with E-state index in [0.29, 0.717) is 12.0 Å². The fraction of sp³-hybridized carbons (Fsp3) is 0.600. The van der Waals surface area contributed by atoms with Crippen molar-refractivity contribution in [3.8, 4) is 0 Å². The number of carbonyl (C=O) groups excluding carboxylic acids is 5. The molecule has 0 bridgehead atoms. The Labute approximate surface area is 321 Å². The van der Waals surface area contributed by atoms with Crippen molar-refractivity contribution in [3.05, 3.63) is 66.3 Å². The van der Waals surface area contributed by atoms with Crippen LogP contribution in [0.3, 0.4) is 0 Å². The quantitative estimate of drug-likeness (QED) is 0.198. The molecule has 0 radical (unpaired) electrons. The van der Waals surface area contributed by atoms with Gasteiger partial charge in [0.05, 0.1) is 29.4 Å². The molecule has 2 aliphatic heterocycles. The Kier molecular flexibility index (Phi) is 14.3. The number of esters is 2. The number of hydrogen-bond donors (Lipinski definition) is 0. The number of alkyl halides is 1. The number of carbonyl (C=O) groups is 5. The van der Waals surface area contributed by atoms with Crippen LogP contribution in [0.1, 0.15) is 78.1 Å². The SMILES string of the molecule is CC[C@H]1OC(=O)[C@@](C)(F)C(=O)[C@H](C)[C@@H](OC2O[C@H](C)C[C@H](N(C)C)[C@H]2OC(=O)c2ccccc2)[C@@](C)(OC)C[C@@H](C)C(=O)C(C)=C[C@@H]1OC(=O)n1ccnc1. The number of allylic oxidation sites excluding steroid dienone is 1.